The number of hydrogen-bond donors (Lipinski definition) is 3. The summed E-state index contributed by atoms with van der Waals surface area (Å²) in [6.45, 7) is 4.10. The first-order valence-corrected chi connectivity index (χ1v) is 11.3. The summed E-state index contributed by atoms with van der Waals surface area (Å²) in [6.07, 6.45) is 2.13. The molecule has 4 aromatic rings. The third-order valence-electron chi connectivity index (χ3n) is 6.03. The molecular weight excluding hydrogens is 408 g/mol. The number of anilines is 3. The van der Waals surface area contributed by atoms with E-state index >= 15 is 0 Å². The van der Waals surface area contributed by atoms with Gasteiger partial charge in [0.1, 0.15) is 5.82 Å². The molecular formula is C27H26N6. The van der Waals surface area contributed by atoms with Gasteiger partial charge in [-0.2, -0.15) is 10.2 Å². The number of aromatic nitrogens is 2. The second-order valence-corrected chi connectivity index (χ2v) is 8.48. The van der Waals surface area contributed by atoms with Crippen LogP contribution in [0.3, 0.4) is 0 Å². The summed E-state index contributed by atoms with van der Waals surface area (Å²) in [5.41, 5.74) is 5.80. The zero-order valence-electron chi connectivity index (χ0n) is 18.6. The fourth-order valence-corrected chi connectivity index (χ4v) is 4.14. The van der Waals surface area contributed by atoms with Crippen LogP contribution in [0.2, 0.25) is 0 Å². The zero-order chi connectivity index (χ0) is 22.6. The first kappa shape index (κ1) is 20.9. The Kier molecular flexibility index (Phi) is 5.88. The molecule has 1 aliphatic rings. The highest BCUT2D eigenvalue weighted by molar-refractivity contribution is 5.93. The Balaban J connectivity index is 1.54. The lowest BCUT2D eigenvalue weighted by Gasteiger charge is -2.25. The van der Waals surface area contributed by atoms with Gasteiger partial charge in [0.25, 0.3) is 0 Å². The second kappa shape index (κ2) is 9.27. The van der Waals surface area contributed by atoms with Gasteiger partial charge in [-0.3, -0.25) is 0 Å². The predicted molar refractivity (Wildman–Crippen MR) is 134 cm³/mol. The van der Waals surface area contributed by atoms with E-state index in [4.69, 9.17) is 15.2 Å². The van der Waals surface area contributed by atoms with E-state index in [1.165, 1.54) is 5.56 Å². The number of nitrogens with one attached hydrogen (secondary N) is 3. The Morgan fingerprint density at radius 2 is 1.64 bits per heavy atom. The minimum absolute atomic E-state index is 0.384. The van der Waals surface area contributed by atoms with Crippen LogP contribution >= 0.6 is 0 Å². The first-order valence-electron chi connectivity index (χ1n) is 11.3. The maximum absolute atomic E-state index is 9.09. The number of benzene rings is 3. The van der Waals surface area contributed by atoms with Crippen LogP contribution in [-0.4, -0.2) is 29.1 Å². The summed E-state index contributed by atoms with van der Waals surface area (Å²) in [7, 11) is 0. The molecule has 3 aromatic carbocycles. The Morgan fingerprint density at radius 3 is 2.36 bits per heavy atom. The van der Waals surface area contributed by atoms with Crippen LogP contribution in [-0.2, 0) is 0 Å². The van der Waals surface area contributed by atoms with Crippen molar-refractivity contribution >= 4 is 28.4 Å². The molecule has 0 radical (unpaired) electrons. The summed E-state index contributed by atoms with van der Waals surface area (Å²) < 4.78 is 0. The van der Waals surface area contributed by atoms with Gasteiger partial charge in [-0.25, -0.2) is 4.98 Å². The van der Waals surface area contributed by atoms with Crippen molar-refractivity contribution < 1.29 is 0 Å². The van der Waals surface area contributed by atoms with E-state index in [1.54, 1.807) is 0 Å². The molecule has 1 fully saturated rings. The predicted octanol–water partition coefficient (Wildman–Crippen LogP) is 5.38. The Bertz CT molecular complexity index is 1300. The summed E-state index contributed by atoms with van der Waals surface area (Å²) in [6, 6.07) is 24.7. The summed E-state index contributed by atoms with van der Waals surface area (Å²) in [4.78, 5) is 9.69. The lowest BCUT2D eigenvalue weighted by molar-refractivity contribution is 0.478. The lowest BCUT2D eigenvalue weighted by Crippen LogP contribution is -2.35. The van der Waals surface area contributed by atoms with E-state index < -0.39 is 0 Å². The quantitative estimate of drug-likeness (QED) is 0.391. The van der Waals surface area contributed by atoms with Crippen LogP contribution < -0.4 is 16.0 Å². The highest BCUT2D eigenvalue weighted by Gasteiger charge is 2.16. The van der Waals surface area contributed by atoms with Gasteiger partial charge in [0.2, 0.25) is 5.95 Å². The molecule has 0 saturated carbocycles. The van der Waals surface area contributed by atoms with Crippen molar-refractivity contribution in [3.05, 3.63) is 77.9 Å². The smallest absolute Gasteiger partial charge is 0.229 e. The maximum atomic E-state index is 9.09. The van der Waals surface area contributed by atoms with Crippen LogP contribution in [0, 0.1) is 18.3 Å². The Labute approximate surface area is 193 Å². The lowest BCUT2D eigenvalue weighted by atomic mass is 10.0. The van der Waals surface area contributed by atoms with Crippen LogP contribution in [0.15, 0.2) is 66.7 Å². The van der Waals surface area contributed by atoms with Crippen molar-refractivity contribution in [2.75, 3.05) is 23.7 Å². The van der Waals surface area contributed by atoms with Gasteiger partial charge in [0, 0.05) is 17.1 Å². The molecule has 1 aliphatic heterocycles. The highest BCUT2D eigenvalue weighted by atomic mass is 15.2. The van der Waals surface area contributed by atoms with E-state index in [1.807, 2.05) is 36.4 Å². The van der Waals surface area contributed by atoms with Gasteiger partial charge in [-0.15, -0.1) is 0 Å². The average molecular weight is 435 g/mol. The monoisotopic (exact) mass is 434 g/mol. The van der Waals surface area contributed by atoms with Crippen molar-refractivity contribution in [3.8, 4) is 17.2 Å². The number of fused-ring (bicyclic) bond motifs is 1. The number of rotatable bonds is 5. The van der Waals surface area contributed by atoms with Crippen molar-refractivity contribution in [1.29, 1.82) is 5.26 Å². The molecule has 0 atom stereocenters. The summed E-state index contributed by atoms with van der Waals surface area (Å²) in [5.74, 6) is 1.42. The molecule has 5 rings (SSSR count). The summed E-state index contributed by atoms with van der Waals surface area (Å²) >= 11 is 0. The van der Waals surface area contributed by atoms with Gasteiger partial charge < -0.3 is 16.0 Å². The third kappa shape index (κ3) is 4.79. The number of nitrogens with zero attached hydrogens (tertiary/aromatic N) is 3. The molecule has 164 valence electrons. The maximum Gasteiger partial charge on any atom is 0.229 e. The molecule has 1 saturated heterocycles. The molecule has 6 nitrogen and oxygen atoms in total. The number of piperidine rings is 1. The van der Waals surface area contributed by atoms with Gasteiger partial charge in [0.15, 0.2) is 0 Å². The van der Waals surface area contributed by atoms with E-state index in [2.05, 4.69) is 59.3 Å². The Hall–Kier alpha value is -3.95. The molecule has 0 amide bonds. The van der Waals surface area contributed by atoms with Crippen LogP contribution in [0.5, 0.6) is 0 Å². The Morgan fingerprint density at radius 1 is 0.909 bits per heavy atom. The van der Waals surface area contributed by atoms with Crippen molar-refractivity contribution in [1.82, 2.24) is 15.3 Å². The molecule has 0 unspecified atom stereocenters. The van der Waals surface area contributed by atoms with E-state index in [0.29, 0.717) is 17.6 Å². The van der Waals surface area contributed by atoms with Crippen LogP contribution in [0.25, 0.3) is 22.0 Å². The van der Waals surface area contributed by atoms with E-state index in [0.717, 1.165) is 59.5 Å². The van der Waals surface area contributed by atoms with Gasteiger partial charge in [0.05, 0.1) is 17.1 Å². The van der Waals surface area contributed by atoms with Gasteiger partial charge in [-0.1, -0.05) is 35.9 Å². The average Bonchev–Trinajstić information content (AvgIpc) is 2.86. The molecule has 0 spiro atoms. The van der Waals surface area contributed by atoms with Crippen molar-refractivity contribution in [3.63, 3.8) is 0 Å². The minimum atomic E-state index is 0.384. The zero-order valence-corrected chi connectivity index (χ0v) is 18.6. The molecule has 2 heterocycles. The highest BCUT2D eigenvalue weighted by Crippen LogP contribution is 2.30. The van der Waals surface area contributed by atoms with Crippen LogP contribution in [0.4, 0.5) is 17.5 Å². The second-order valence-electron chi connectivity index (χ2n) is 8.48. The largest absolute Gasteiger partial charge is 0.367 e. The molecule has 0 bridgehead atoms. The molecule has 3 N–H and O–H groups in total. The number of nitriles is 1. The normalized spacial score (nSPS) is 14.1. The molecule has 1 aromatic heterocycles. The van der Waals surface area contributed by atoms with Gasteiger partial charge >= 0.3 is 0 Å². The van der Waals surface area contributed by atoms with Gasteiger partial charge in [-0.05, 0) is 80.4 Å². The minimum Gasteiger partial charge on any atom is -0.367 e. The SMILES string of the molecule is Cc1ccc(Nc2nc(NC3CCNCC3)c3ccc(-c4ccc(C#N)cc4)cc3n2)cc1. The summed E-state index contributed by atoms with van der Waals surface area (Å²) in [5, 5.41) is 20.5. The van der Waals surface area contributed by atoms with Crippen molar-refractivity contribution in [2.24, 2.45) is 0 Å². The van der Waals surface area contributed by atoms with Crippen molar-refractivity contribution in [2.45, 2.75) is 25.8 Å². The molecule has 33 heavy (non-hydrogen) atoms. The molecule has 6 heteroatoms. The molecule has 0 aliphatic carbocycles. The topological polar surface area (TPSA) is 85.7 Å². The fraction of sp³-hybridized carbons (Fsp3) is 0.222. The standard InChI is InChI=1S/C27H26N6/c1-18-2-9-22(10-3-18)31-27-32-25-16-21(20-6-4-19(17-28)5-7-20)8-11-24(25)26(33-27)30-23-12-14-29-15-13-23/h2-11,16,23,29H,12-15H2,1H3,(H2,30,31,32,33). The first-order chi connectivity index (χ1) is 16.2. The number of hydrogen-bond acceptors (Lipinski definition) is 6. The number of aryl methyl sites for hydroxylation is 1. The van der Waals surface area contributed by atoms with E-state index in [9.17, 15) is 0 Å². The third-order valence-corrected chi connectivity index (χ3v) is 6.03. The van der Waals surface area contributed by atoms with E-state index in [-0.39, 0.29) is 0 Å². The fourth-order valence-electron chi connectivity index (χ4n) is 4.14. The van der Waals surface area contributed by atoms with Crippen LogP contribution in [0.1, 0.15) is 24.0 Å².